The van der Waals surface area contributed by atoms with Crippen LogP contribution in [-0.4, -0.2) is 33.6 Å². The van der Waals surface area contributed by atoms with Gasteiger partial charge in [0.25, 0.3) is 5.24 Å². The van der Waals surface area contributed by atoms with Crippen molar-refractivity contribution in [2.45, 2.75) is 42.2 Å². The molecule has 0 radical (unpaired) electrons. The molecule has 0 spiro atoms. The third-order valence-electron chi connectivity index (χ3n) is 3.31. The zero-order valence-corrected chi connectivity index (χ0v) is 14.6. The topological polar surface area (TPSA) is 85.3 Å². The molecule has 0 fully saturated rings. The molecule has 8 heteroatoms. The molecule has 0 heterocycles. The quantitative estimate of drug-likeness (QED) is 0.759. The normalized spacial score (nSPS) is 14.0. The van der Waals surface area contributed by atoms with Gasteiger partial charge in [0.1, 0.15) is 0 Å². The second kappa shape index (κ2) is 6.06. The number of sulfone groups is 2. The summed E-state index contributed by atoms with van der Waals surface area (Å²) in [6, 6.07) is 2.24. The van der Waals surface area contributed by atoms with E-state index in [9.17, 15) is 21.6 Å². The minimum absolute atomic E-state index is 0.0137. The van der Waals surface area contributed by atoms with Crippen LogP contribution in [0.4, 0.5) is 0 Å². The van der Waals surface area contributed by atoms with Crippen molar-refractivity contribution in [1.29, 1.82) is 0 Å². The Hall–Kier alpha value is -0.920. The Balaban J connectivity index is 3.84. The van der Waals surface area contributed by atoms with E-state index in [0.29, 0.717) is 12.0 Å². The summed E-state index contributed by atoms with van der Waals surface area (Å²) in [6.07, 6.45) is 1.25. The average molecular weight is 353 g/mol. The molecular formula is C13H17ClO5S2. The molecule has 0 aromatic heterocycles. The summed E-state index contributed by atoms with van der Waals surface area (Å²) in [6.45, 7) is 4.72. The highest BCUT2D eigenvalue weighted by Crippen LogP contribution is 2.29. The van der Waals surface area contributed by atoms with Crippen LogP contribution in [-0.2, 0) is 19.7 Å². The van der Waals surface area contributed by atoms with Crippen molar-refractivity contribution in [2.24, 2.45) is 0 Å². The van der Waals surface area contributed by atoms with Crippen LogP contribution < -0.4 is 0 Å². The Morgan fingerprint density at radius 1 is 1.19 bits per heavy atom. The van der Waals surface area contributed by atoms with E-state index in [1.54, 1.807) is 6.92 Å². The van der Waals surface area contributed by atoms with Gasteiger partial charge in [0.2, 0.25) is 0 Å². The van der Waals surface area contributed by atoms with Gasteiger partial charge < -0.3 is 0 Å². The standard InChI is InChI=1S/C13H17ClO5S2/c1-5-9(3)21(18,19)12-6-8(2)10(13(14)15)7-11(12)20(4,16)17/h6-7,9H,5H2,1-4H3. The number of aryl methyl sites for hydroxylation is 1. The number of hydrogen-bond acceptors (Lipinski definition) is 5. The fourth-order valence-corrected chi connectivity index (χ4v) is 5.14. The number of rotatable bonds is 5. The van der Waals surface area contributed by atoms with Crippen molar-refractivity contribution in [3.8, 4) is 0 Å². The van der Waals surface area contributed by atoms with Crippen molar-refractivity contribution >= 4 is 36.5 Å². The van der Waals surface area contributed by atoms with E-state index >= 15 is 0 Å². The molecule has 0 N–H and O–H groups in total. The summed E-state index contributed by atoms with van der Waals surface area (Å²) in [5, 5.41) is -1.56. The molecule has 118 valence electrons. The smallest absolute Gasteiger partial charge is 0.252 e. The average Bonchev–Trinajstić information content (AvgIpc) is 2.35. The monoisotopic (exact) mass is 352 g/mol. The molecule has 5 nitrogen and oxygen atoms in total. The van der Waals surface area contributed by atoms with E-state index in [0.717, 1.165) is 12.3 Å². The highest BCUT2D eigenvalue weighted by atomic mass is 35.5. The van der Waals surface area contributed by atoms with Crippen LogP contribution in [0.5, 0.6) is 0 Å². The summed E-state index contributed by atoms with van der Waals surface area (Å²) < 4.78 is 48.7. The van der Waals surface area contributed by atoms with E-state index in [-0.39, 0.29) is 10.5 Å². The lowest BCUT2D eigenvalue weighted by Crippen LogP contribution is -2.20. The molecule has 0 saturated heterocycles. The van der Waals surface area contributed by atoms with Gasteiger partial charge in [-0.1, -0.05) is 6.92 Å². The van der Waals surface area contributed by atoms with Gasteiger partial charge in [-0.15, -0.1) is 0 Å². The van der Waals surface area contributed by atoms with Crippen LogP contribution in [0.2, 0.25) is 0 Å². The third-order valence-corrected chi connectivity index (χ3v) is 7.13. The minimum atomic E-state index is -3.82. The number of carbonyl (C=O) groups excluding carboxylic acids is 1. The summed E-state index contributed by atoms with van der Waals surface area (Å²) in [5.74, 6) is 0. The van der Waals surface area contributed by atoms with Crippen LogP contribution in [0.3, 0.4) is 0 Å². The van der Waals surface area contributed by atoms with Crippen molar-refractivity contribution in [2.75, 3.05) is 6.26 Å². The molecule has 1 unspecified atom stereocenters. The molecule has 0 aliphatic rings. The van der Waals surface area contributed by atoms with Gasteiger partial charge in [0, 0.05) is 11.8 Å². The second-order valence-electron chi connectivity index (χ2n) is 4.92. The van der Waals surface area contributed by atoms with Gasteiger partial charge in [-0.2, -0.15) is 0 Å². The molecule has 0 aliphatic heterocycles. The van der Waals surface area contributed by atoms with Crippen molar-refractivity contribution < 1.29 is 21.6 Å². The first kappa shape index (κ1) is 18.1. The van der Waals surface area contributed by atoms with Crippen LogP contribution in [0.15, 0.2) is 21.9 Å². The Morgan fingerprint density at radius 2 is 1.71 bits per heavy atom. The second-order valence-corrected chi connectivity index (χ2v) is 9.59. The predicted molar refractivity (Wildman–Crippen MR) is 81.4 cm³/mol. The van der Waals surface area contributed by atoms with E-state index in [2.05, 4.69) is 0 Å². The molecule has 0 saturated carbocycles. The summed E-state index contributed by atoms with van der Waals surface area (Å²) in [7, 11) is -7.62. The van der Waals surface area contributed by atoms with Crippen LogP contribution in [0.1, 0.15) is 36.2 Å². The van der Waals surface area contributed by atoms with Gasteiger partial charge >= 0.3 is 0 Å². The fourth-order valence-electron chi connectivity index (χ4n) is 1.82. The summed E-state index contributed by atoms with van der Waals surface area (Å²) >= 11 is 5.40. The molecule has 21 heavy (non-hydrogen) atoms. The van der Waals surface area contributed by atoms with Crippen molar-refractivity contribution in [1.82, 2.24) is 0 Å². The van der Waals surface area contributed by atoms with E-state index in [1.165, 1.54) is 19.9 Å². The Labute approximate surface area is 130 Å². The van der Waals surface area contributed by atoms with Crippen molar-refractivity contribution in [3.05, 3.63) is 23.3 Å². The fraction of sp³-hybridized carbons (Fsp3) is 0.462. The first-order valence-corrected chi connectivity index (χ1v) is 10.0. The van der Waals surface area contributed by atoms with Gasteiger partial charge in [-0.25, -0.2) is 16.8 Å². The number of hydrogen-bond donors (Lipinski definition) is 0. The van der Waals surface area contributed by atoms with Gasteiger partial charge in [-0.3, -0.25) is 4.79 Å². The summed E-state index contributed by atoms with van der Waals surface area (Å²) in [5.41, 5.74) is 0.310. The highest BCUT2D eigenvalue weighted by Gasteiger charge is 2.30. The van der Waals surface area contributed by atoms with Gasteiger partial charge in [0.15, 0.2) is 19.7 Å². The van der Waals surface area contributed by atoms with E-state index in [1.807, 2.05) is 0 Å². The minimum Gasteiger partial charge on any atom is -0.276 e. The van der Waals surface area contributed by atoms with Crippen LogP contribution >= 0.6 is 11.6 Å². The predicted octanol–water partition coefficient (Wildman–Crippen LogP) is 2.35. The summed E-state index contributed by atoms with van der Waals surface area (Å²) in [4.78, 5) is 10.6. The van der Waals surface area contributed by atoms with Crippen molar-refractivity contribution in [3.63, 3.8) is 0 Å². The third kappa shape index (κ3) is 3.64. The Kier molecular flexibility index (Phi) is 5.23. The molecule has 0 bridgehead atoms. The largest absolute Gasteiger partial charge is 0.276 e. The molecule has 1 aromatic carbocycles. The maximum atomic E-state index is 12.5. The Bertz CT molecular complexity index is 779. The van der Waals surface area contributed by atoms with E-state index < -0.39 is 35.1 Å². The lowest BCUT2D eigenvalue weighted by Gasteiger charge is -2.16. The maximum Gasteiger partial charge on any atom is 0.252 e. The zero-order valence-electron chi connectivity index (χ0n) is 12.2. The van der Waals surface area contributed by atoms with E-state index in [4.69, 9.17) is 11.6 Å². The highest BCUT2D eigenvalue weighted by molar-refractivity contribution is 7.94. The molecular weight excluding hydrogens is 336 g/mol. The number of carbonyl (C=O) groups is 1. The van der Waals surface area contributed by atoms with Gasteiger partial charge in [0.05, 0.1) is 15.0 Å². The molecule has 0 aliphatic carbocycles. The molecule has 1 rings (SSSR count). The van der Waals surface area contributed by atoms with Gasteiger partial charge in [-0.05, 0) is 49.6 Å². The maximum absolute atomic E-state index is 12.5. The lowest BCUT2D eigenvalue weighted by molar-refractivity contribution is 0.108. The SMILES string of the molecule is CCC(C)S(=O)(=O)c1cc(C)c(C(=O)Cl)cc1S(C)(=O)=O. The molecule has 0 amide bonds. The molecule has 1 aromatic rings. The van der Waals surface area contributed by atoms with Crippen LogP contribution in [0.25, 0.3) is 0 Å². The first-order valence-electron chi connectivity index (χ1n) is 6.21. The lowest BCUT2D eigenvalue weighted by atomic mass is 10.1. The first-order chi connectivity index (χ1) is 9.42. The number of benzene rings is 1. The zero-order chi connectivity index (χ0) is 16.6. The Morgan fingerprint density at radius 3 is 2.10 bits per heavy atom. The molecule has 1 atom stereocenters. The number of halogens is 1. The van der Waals surface area contributed by atoms with Crippen LogP contribution in [0, 0.1) is 6.92 Å².